The van der Waals surface area contributed by atoms with Crippen LogP contribution in [0.25, 0.3) is 0 Å². The second-order valence-corrected chi connectivity index (χ2v) is 3.60. The lowest BCUT2D eigenvalue weighted by Crippen LogP contribution is -2.17. The molecule has 1 aromatic rings. The standard InChI is InChI=1S/C11H12N2O2/c1-3-11(2,8-12)9-5-4-6-10(7-9)13(14)15/h4-7H,3H2,1-2H3. The second kappa shape index (κ2) is 4.09. The van der Waals surface area contributed by atoms with Gasteiger partial charge in [-0.2, -0.15) is 5.26 Å². The predicted molar refractivity (Wildman–Crippen MR) is 56.4 cm³/mol. The van der Waals surface area contributed by atoms with Crippen molar-refractivity contribution in [2.75, 3.05) is 0 Å². The van der Waals surface area contributed by atoms with E-state index in [1.807, 2.05) is 6.92 Å². The number of nitriles is 1. The first-order valence-corrected chi connectivity index (χ1v) is 4.69. The van der Waals surface area contributed by atoms with Crippen molar-refractivity contribution in [3.8, 4) is 6.07 Å². The molecular formula is C11H12N2O2. The van der Waals surface area contributed by atoms with Gasteiger partial charge >= 0.3 is 0 Å². The van der Waals surface area contributed by atoms with Gasteiger partial charge in [-0.3, -0.25) is 10.1 Å². The van der Waals surface area contributed by atoms with Crippen molar-refractivity contribution >= 4 is 5.69 Å². The zero-order valence-corrected chi connectivity index (χ0v) is 8.73. The first-order valence-electron chi connectivity index (χ1n) is 4.69. The van der Waals surface area contributed by atoms with Crippen molar-refractivity contribution in [2.24, 2.45) is 0 Å². The molecule has 0 aliphatic heterocycles. The first-order chi connectivity index (χ1) is 7.03. The van der Waals surface area contributed by atoms with E-state index in [1.165, 1.54) is 12.1 Å². The minimum Gasteiger partial charge on any atom is -0.258 e. The van der Waals surface area contributed by atoms with E-state index in [0.717, 1.165) is 0 Å². The fraction of sp³-hybridized carbons (Fsp3) is 0.364. The van der Waals surface area contributed by atoms with Crippen molar-refractivity contribution in [1.29, 1.82) is 5.26 Å². The van der Waals surface area contributed by atoms with Crippen LogP contribution in [-0.2, 0) is 5.41 Å². The lowest BCUT2D eigenvalue weighted by Gasteiger charge is -2.19. The molecule has 4 nitrogen and oxygen atoms in total. The van der Waals surface area contributed by atoms with Gasteiger partial charge in [0.1, 0.15) is 0 Å². The fourth-order valence-electron chi connectivity index (χ4n) is 1.31. The molecule has 1 aromatic carbocycles. The smallest absolute Gasteiger partial charge is 0.258 e. The molecule has 0 fully saturated rings. The largest absolute Gasteiger partial charge is 0.269 e. The Morgan fingerprint density at radius 1 is 1.60 bits per heavy atom. The van der Waals surface area contributed by atoms with Gasteiger partial charge in [0.05, 0.1) is 16.4 Å². The third-order valence-electron chi connectivity index (χ3n) is 2.65. The molecule has 15 heavy (non-hydrogen) atoms. The van der Waals surface area contributed by atoms with Gasteiger partial charge in [0.15, 0.2) is 0 Å². The van der Waals surface area contributed by atoms with Crippen molar-refractivity contribution < 1.29 is 4.92 Å². The van der Waals surface area contributed by atoms with Crippen molar-refractivity contribution in [1.82, 2.24) is 0 Å². The molecule has 0 aliphatic carbocycles. The van der Waals surface area contributed by atoms with Gasteiger partial charge in [-0.25, -0.2) is 0 Å². The average Bonchev–Trinajstić information content (AvgIpc) is 2.28. The van der Waals surface area contributed by atoms with Gasteiger partial charge in [0, 0.05) is 12.1 Å². The topological polar surface area (TPSA) is 66.9 Å². The molecule has 0 spiro atoms. The molecule has 0 radical (unpaired) electrons. The molecule has 0 saturated carbocycles. The SMILES string of the molecule is CCC(C)(C#N)c1cccc([N+](=O)[O-])c1. The van der Waals surface area contributed by atoms with E-state index in [-0.39, 0.29) is 5.69 Å². The monoisotopic (exact) mass is 204 g/mol. The molecule has 1 atom stereocenters. The highest BCUT2D eigenvalue weighted by Crippen LogP contribution is 2.28. The third kappa shape index (κ3) is 2.13. The van der Waals surface area contributed by atoms with Gasteiger partial charge in [-0.05, 0) is 18.9 Å². The molecule has 0 N–H and O–H groups in total. The summed E-state index contributed by atoms with van der Waals surface area (Å²) < 4.78 is 0. The second-order valence-electron chi connectivity index (χ2n) is 3.60. The van der Waals surface area contributed by atoms with E-state index in [0.29, 0.717) is 12.0 Å². The molecule has 0 aromatic heterocycles. The number of nitro benzene ring substituents is 1. The summed E-state index contributed by atoms with van der Waals surface area (Å²) in [6.45, 7) is 3.67. The molecule has 0 amide bonds. The highest BCUT2D eigenvalue weighted by molar-refractivity contribution is 5.40. The van der Waals surface area contributed by atoms with Crippen LogP contribution in [0.15, 0.2) is 24.3 Å². The molecule has 78 valence electrons. The minimum atomic E-state index is -0.647. The summed E-state index contributed by atoms with van der Waals surface area (Å²) in [5.74, 6) is 0. The van der Waals surface area contributed by atoms with Crippen LogP contribution in [-0.4, -0.2) is 4.92 Å². The van der Waals surface area contributed by atoms with E-state index in [1.54, 1.807) is 19.1 Å². The summed E-state index contributed by atoms with van der Waals surface area (Å²) >= 11 is 0. The highest BCUT2D eigenvalue weighted by atomic mass is 16.6. The maximum absolute atomic E-state index is 10.6. The van der Waals surface area contributed by atoms with Crippen LogP contribution in [0.2, 0.25) is 0 Å². The molecule has 4 heteroatoms. The Morgan fingerprint density at radius 3 is 2.73 bits per heavy atom. The van der Waals surface area contributed by atoms with E-state index < -0.39 is 10.3 Å². The molecule has 1 rings (SSSR count). The van der Waals surface area contributed by atoms with Gasteiger partial charge in [0.2, 0.25) is 0 Å². The molecule has 0 saturated heterocycles. The van der Waals surface area contributed by atoms with Gasteiger partial charge in [-0.1, -0.05) is 19.1 Å². The molecule has 0 aliphatic rings. The van der Waals surface area contributed by atoms with Crippen LogP contribution < -0.4 is 0 Å². The fourth-order valence-corrected chi connectivity index (χ4v) is 1.31. The van der Waals surface area contributed by atoms with Gasteiger partial charge in [-0.15, -0.1) is 0 Å². The summed E-state index contributed by atoms with van der Waals surface area (Å²) in [4.78, 5) is 10.1. The number of nitro groups is 1. The molecule has 0 bridgehead atoms. The summed E-state index contributed by atoms with van der Waals surface area (Å²) in [6.07, 6.45) is 0.630. The van der Waals surface area contributed by atoms with Crippen molar-refractivity contribution in [2.45, 2.75) is 25.7 Å². The molecule has 1 unspecified atom stereocenters. The Balaban J connectivity index is 3.22. The van der Waals surface area contributed by atoms with Crippen molar-refractivity contribution in [3.05, 3.63) is 39.9 Å². The predicted octanol–water partition coefficient (Wildman–Crippen LogP) is 2.79. The summed E-state index contributed by atoms with van der Waals surface area (Å²) in [7, 11) is 0. The molecule has 0 heterocycles. The summed E-state index contributed by atoms with van der Waals surface area (Å²) in [5.41, 5.74) is 0.0792. The van der Waals surface area contributed by atoms with Crippen LogP contribution in [0.1, 0.15) is 25.8 Å². The molecular weight excluding hydrogens is 192 g/mol. The number of benzene rings is 1. The lowest BCUT2D eigenvalue weighted by atomic mass is 9.81. The van der Waals surface area contributed by atoms with Crippen LogP contribution in [0.3, 0.4) is 0 Å². The normalized spacial score (nSPS) is 13.9. The van der Waals surface area contributed by atoms with Crippen LogP contribution in [0.4, 0.5) is 5.69 Å². The quantitative estimate of drug-likeness (QED) is 0.561. The number of rotatable bonds is 3. The van der Waals surface area contributed by atoms with Gasteiger partial charge in [0.25, 0.3) is 5.69 Å². The average molecular weight is 204 g/mol. The first kappa shape index (κ1) is 11.2. The number of hydrogen-bond donors (Lipinski definition) is 0. The summed E-state index contributed by atoms with van der Waals surface area (Å²) in [6, 6.07) is 8.44. The zero-order valence-electron chi connectivity index (χ0n) is 8.73. The lowest BCUT2D eigenvalue weighted by molar-refractivity contribution is -0.384. The van der Waals surface area contributed by atoms with E-state index in [4.69, 9.17) is 5.26 Å². The highest BCUT2D eigenvalue weighted by Gasteiger charge is 2.25. The maximum Gasteiger partial charge on any atom is 0.269 e. The number of non-ortho nitro benzene ring substituents is 1. The Labute approximate surface area is 88.3 Å². The minimum absolute atomic E-state index is 0.0300. The van der Waals surface area contributed by atoms with Crippen LogP contribution in [0.5, 0.6) is 0 Å². The van der Waals surface area contributed by atoms with E-state index >= 15 is 0 Å². The van der Waals surface area contributed by atoms with Gasteiger partial charge < -0.3 is 0 Å². The number of nitrogens with zero attached hydrogens (tertiary/aromatic N) is 2. The van der Waals surface area contributed by atoms with Crippen LogP contribution >= 0.6 is 0 Å². The van der Waals surface area contributed by atoms with E-state index in [9.17, 15) is 10.1 Å². The number of hydrogen-bond acceptors (Lipinski definition) is 3. The third-order valence-corrected chi connectivity index (χ3v) is 2.65. The van der Waals surface area contributed by atoms with Crippen molar-refractivity contribution in [3.63, 3.8) is 0 Å². The maximum atomic E-state index is 10.6. The van der Waals surface area contributed by atoms with Crippen LogP contribution in [0, 0.1) is 21.4 Å². The Morgan fingerprint density at radius 2 is 2.27 bits per heavy atom. The zero-order chi connectivity index (χ0) is 11.5. The Bertz CT molecular complexity index is 423. The summed E-state index contributed by atoms with van der Waals surface area (Å²) in [5, 5.41) is 19.6. The Hall–Kier alpha value is -1.89. The van der Waals surface area contributed by atoms with E-state index in [2.05, 4.69) is 6.07 Å². The Kier molecular flexibility index (Phi) is 3.05.